The van der Waals surface area contributed by atoms with E-state index in [4.69, 9.17) is 9.57 Å². The summed E-state index contributed by atoms with van der Waals surface area (Å²) >= 11 is 0. The van der Waals surface area contributed by atoms with Gasteiger partial charge in [-0.1, -0.05) is 42.5 Å². The van der Waals surface area contributed by atoms with Crippen LogP contribution >= 0.6 is 0 Å². The van der Waals surface area contributed by atoms with E-state index in [1.165, 1.54) is 16.7 Å². The van der Waals surface area contributed by atoms with Crippen molar-refractivity contribution in [2.45, 2.75) is 19.7 Å². The van der Waals surface area contributed by atoms with Crippen LogP contribution in [0.25, 0.3) is 0 Å². The molecule has 0 saturated carbocycles. The Morgan fingerprint density at radius 1 is 0.800 bits per heavy atom. The van der Waals surface area contributed by atoms with Gasteiger partial charge in [-0.15, -0.1) is 5.17 Å². The van der Waals surface area contributed by atoms with Crippen molar-refractivity contribution in [1.82, 2.24) is 10.2 Å². The highest BCUT2D eigenvalue weighted by Crippen LogP contribution is 2.28. The molecule has 2 heterocycles. The first kappa shape index (κ1) is 11.9. The number of fused-ring (bicyclic) bond motifs is 2. The van der Waals surface area contributed by atoms with Crippen LogP contribution in [0.2, 0.25) is 0 Å². The van der Waals surface area contributed by atoms with Crippen LogP contribution in [0.5, 0.6) is 5.75 Å². The molecule has 2 aromatic carbocycles. The second-order valence-corrected chi connectivity index (χ2v) is 5.10. The van der Waals surface area contributed by atoms with E-state index in [2.05, 4.69) is 35.3 Å². The number of hydrazine groups is 1. The largest absolute Gasteiger partial charge is 0.476 e. The van der Waals surface area contributed by atoms with Gasteiger partial charge < -0.3 is 4.74 Å². The molecule has 102 valence electrons. The first-order valence-corrected chi connectivity index (χ1v) is 6.83. The first-order chi connectivity index (χ1) is 9.90. The average molecular weight is 268 g/mol. The summed E-state index contributed by atoms with van der Waals surface area (Å²) in [5.41, 5.74) is 3.78. The number of hydrogen-bond acceptors (Lipinski definition) is 4. The number of ether oxygens (including phenoxy) is 1. The molecule has 0 atom stereocenters. The maximum atomic E-state index is 5.84. The van der Waals surface area contributed by atoms with E-state index in [9.17, 15) is 0 Å². The lowest BCUT2D eigenvalue weighted by molar-refractivity contribution is -0.325. The number of rotatable bonds is 1. The summed E-state index contributed by atoms with van der Waals surface area (Å²) in [5.74, 6) is 0.973. The summed E-state index contributed by atoms with van der Waals surface area (Å²) < 4.78 is 5.78. The van der Waals surface area contributed by atoms with Gasteiger partial charge in [-0.25, -0.2) is 0 Å². The molecule has 2 aliphatic rings. The van der Waals surface area contributed by atoms with Crippen molar-refractivity contribution in [2.75, 3.05) is 6.73 Å². The number of hydrogen-bond donors (Lipinski definition) is 0. The van der Waals surface area contributed by atoms with Crippen molar-refractivity contribution in [3.8, 4) is 5.75 Å². The number of nitrogens with zero attached hydrogens (tertiary/aromatic N) is 2. The fourth-order valence-electron chi connectivity index (χ4n) is 2.67. The molecule has 0 amide bonds. The molecule has 0 bridgehead atoms. The van der Waals surface area contributed by atoms with Crippen molar-refractivity contribution >= 4 is 0 Å². The SMILES string of the molecule is c1ccc2c(c1)CON(N1COc3ccccc3C1)C2. The zero-order valence-corrected chi connectivity index (χ0v) is 11.2. The van der Waals surface area contributed by atoms with E-state index in [1.54, 1.807) is 0 Å². The minimum absolute atomic E-state index is 0.527. The molecule has 0 aromatic heterocycles. The highest BCUT2D eigenvalue weighted by molar-refractivity contribution is 5.34. The van der Waals surface area contributed by atoms with Crippen LogP contribution in [0.3, 0.4) is 0 Å². The van der Waals surface area contributed by atoms with Crippen LogP contribution in [0.15, 0.2) is 48.5 Å². The molecule has 2 aliphatic heterocycles. The van der Waals surface area contributed by atoms with Crippen molar-refractivity contribution in [3.63, 3.8) is 0 Å². The Morgan fingerprint density at radius 3 is 2.45 bits per heavy atom. The molecule has 0 saturated heterocycles. The van der Waals surface area contributed by atoms with Crippen LogP contribution in [0.4, 0.5) is 0 Å². The van der Waals surface area contributed by atoms with Gasteiger partial charge in [0.1, 0.15) is 5.75 Å². The fraction of sp³-hybridized carbons (Fsp3) is 0.250. The molecule has 0 spiro atoms. The van der Waals surface area contributed by atoms with Gasteiger partial charge in [0.2, 0.25) is 0 Å². The number of benzene rings is 2. The maximum Gasteiger partial charge on any atom is 0.156 e. The molecule has 4 rings (SSSR count). The molecule has 20 heavy (non-hydrogen) atoms. The third-order valence-corrected chi connectivity index (χ3v) is 3.80. The lowest BCUT2D eigenvalue weighted by atomic mass is 10.1. The fourth-order valence-corrected chi connectivity index (χ4v) is 2.67. The molecule has 0 N–H and O–H groups in total. The zero-order chi connectivity index (χ0) is 13.4. The second kappa shape index (κ2) is 4.90. The van der Waals surface area contributed by atoms with Crippen molar-refractivity contribution in [3.05, 3.63) is 65.2 Å². The molecule has 4 heteroatoms. The van der Waals surface area contributed by atoms with Gasteiger partial charge in [0.25, 0.3) is 0 Å². The highest BCUT2D eigenvalue weighted by Gasteiger charge is 2.26. The van der Waals surface area contributed by atoms with Gasteiger partial charge in [-0.05, 0) is 17.2 Å². The van der Waals surface area contributed by atoms with E-state index in [-0.39, 0.29) is 0 Å². The van der Waals surface area contributed by atoms with Gasteiger partial charge in [0.05, 0.1) is 13.2 Å². The molecule has 0 aliphatic carbocycles. The topological polar surface area (TPSA) is 24.9 Å². The minimum Gasteiger partial charge on any atom is -0.476 e. The van der Waals surface area contributed by atoms with Crippen LogP contribution in [-0.2, 0) is 24.5 Å². The quantitative estimate of drug-likeness (QED) is 0.794. The van der Waals surface area contributed by atoms with Gasteiger partial charge in [0, 0.05) is 12.1 Å². The van der Waals surface area contributed by atoms with Gasteiger partial charge in [-0.3, -0.25) is 4.84 Å². The smallest absolute Gasteiger partial charge is 0.156 e. The van der Waals surface area contributed by atoms with E-state index in [1.807, 2.05) is 23.4 Å². The first-order valence-electron chi connectivity index (χ1n) is 6.83. The van der Waals surface area contributed by atoms with Crippen LogP contribution in [-0.4, -0.2) is 16.9 Å². The molecular weight excluding hydrogens is 252 g/mol. The molecular formula is C16H16N2O2. The molecule has 0 unspecified atom stereocenters. The summed E-state index contributed by atoms with van der Waals surface area (Å²) in [4.78, 5) is 5.84. The molecule has 4 nitrogen and oxygen atoms in total. The molecule has 2 aromatic rings. The van der Waals surface area contributed by atoms with E-state index in [0.717, 1.165) is 18.8 Å². The predicted molar refractivity (Wildman–Crippen MR) is 74.3 cm³/mol. The average Bonchev–Trinajstić information content (AvgIpc) is 2.54. The molecule has 0 fully saturated rings. The Hall–Kier alpha value is -1.88. The third-order valence-electron chi connectivity index (χ3n) is 3.80. The van der Waals surface area contributed by atoms with E-state index >= 15 is 0 Å². The van der Waals surface area contributed by atoms with Crippen molar-refractivity contribution in [2.24, 2.45) is 0 Å². The Labute approximate surface area is 118 Å². The van der Waals surface area contributed by atoms with Crippen LogP contribution < -0.4 is 4.74 Å². The van der Waals surface area contributed by atoms with Crippen LogP contribution in [0.1, 0.15) is 16.7 Å². The standard InChI is InChI=1S/C16H16N2O2/c1-2-7-15-11-20-18(10-13(15)5-1)17-9-14-6-3-4-8-16(14)19-12-17/h1-8H,9-12H2. The summed E-state index contributed by atoms with van der Waals surface area (Å²) in [6.45, 7) is 2.73. The Morgan fingerprint density at radius 2 is 1.55 bits per heavy atom. The lowest BCUT2D eigenvalue weighted by Gasteiger charge is -2.39. The predicted octanol–water partition coefficient (Wildman–Crippen LogP) is 2.70. The van der Waals surface area contributed by atoms with Crippen molar-refractivity contribution in [1.29, 1.82) is 0 Å². The van der Waals surface area contributed by atoms with Gasteiger partial charge in [-0.2, -0.15) is 5.01 Å². The van der Waals surface area contributed by atoms with Crippen molar-refractivity contribution < 1.29 is 9.57 Å². The summed E-state index contributed by atoms with van der Waals surface area (Å²) in [5, 5.41) is 4.01. The zero-order valence-electron chi connectivity index (χ0n) is 11.2. The van der Waals surface area contributed by atoms with E-state index < -0.39 is 0 Å². The normalized spacial score (nSPS) is 19.0. The number of hydroxylamine groups is 1. The minimum atomic E-state index is 0.527. The van der Waals surface area contributed by atoms with E-state index in [0.29, 0.717) is 13.3 Å². The number of para-hydroxylation sites is 1. The third kappa shape index (κ3) is 2.08. The Bertz CT molecular complexity index is 574. The Balaban J connectivity index is 1.53. The Kier molecular flexibility index (Phi) is 2.92. The summed E-state index contributed by atoms with van der Waals surface area (Å²) in [6, 6.07) is 16.6. The highest BCUT2D eigenvalue weighted by atomic mass is 16.7. The summed E-state index contributed by atoms with van der Waals surface area (Å²) in [6.07, 6.45) is 0. The summed E-state index contributed by atoms with van der Waals surface area (Å²) in [7, 11) is 0. The monoisotopic (exact) mass is 268 g/mol. The van der Waals surface area contributed by atoms with Gasteiger partial charge >= 0.3 is 0 Å². The maximum absolute atomic E-state index is 5.84. The lowest BCUT2D eigenvalue weighted by Crippen LogP contribution is -2.47. The molecule has 0 radical (unpaired) electrons. The van der Waals surface area contributed by atoms with Gasteiger partial charge in [0.15, 0.2) is 6.73 Å². The van der Waals surface area contributed by atoms with Crippen LogP contribution in [0, 0.1) is 0 Å². The second-order valence-electron chi connectivity index (χ2n) is 5.10.